The Morgan fingerprint density at radius 1 is 0.808 bits per heavy atom. The van der Waals surface area contributed by atoms with Gasteiger partial charge in [-0.15, -0.1) is 0 Å². The standard InChI is InChI=1S/C23H28N2O/c1-3-11-19(12-4-1)22-21-15-7-8-16-23(21,24-17-9-10-18-24)26-25(22)20-13-5-2-6-14-20/h1-6,11-14,21-22H,7-10,15-18H2/t21-,22+,23+/m0/s1. The van der Waals surface area contributed by atoms with Crippen LogP contribution in [0.3, 0.4) is 0 Å². The summed E-state index contributed by atoms with van der Waals surface area (Å²) in [6.45, 7) is 2.36. The molecular weight excluding hydrogens is 320 g/mol. The fourth-order valence-corrected chi connectivity index (χ4v) is 5.41. The van der Waals surface area contributed by atoms with Crippen LogP contribution in [-0.4, -0.2) is 23.7 Å². The maximum Gasteiger partial charge on any atom is 0.154 e. The van der Waals surface area contributed by atoms with Crippen LogP contribution in [0.4, 0.5) is 5.69 Å². The topological polar surface area (TPSA) is 15.7 Å². The number of nitrogens with zero attached hydrogens (tertiary/aromatic N) is 2. The van der Waals surface area contributed by atoms with Gasteiger partial charge < -0.3 is 0 Å². The third-order valence-corrected chi connectivity index (χ3v) is 6.56. The average Bonchev–Trinajstić information content (AvgIpc) is 3.36. The van der Waals surface area contributed by atoms with E-state index in [9.17, 15) is 0 Å². The van der Waals surface area contributed by atoms with Crippen LogP contribution < -0.4 is 5.06 Å². The van der Waals surface area contributed by atoms with E-state index in [0.29, 0.717) is 12.0 Å². The molecule has 3 nitrogen and oxygen atoms in total. The first-order valence-corrected chi connectivity index (χ1v) is 10.2. The summed E-state index contributed by atoms with van der Waals surface area (Å²) in [7, 11) is 0. The van der Waals surface area contributed by atoms with Crippen LogP contribution in [0.15, 0.2) is 60.7 Å². The van der Waals surface area contributed by atoms with Gasteiger partial charge in [0, 0.05) is 19.0 Å². The van der Waals surface area contributed by atoms with Crippen LogP contribution in [0.2, 0.25) is 0 Å². The summed E-state index contributed by atoms with van der Waals surface area (Å²) in [5.74, 6) is 0.525. The zero-order valence-electron chi connectivity index (χ0n) is 15.4. The second-order valence-corrected chi connectivity index (χ2v) is 8.00. The molecule has 2 aromatic carbocycles. The highest BCUT2D eigenvalue weighted by atomic mass is 16.7. The highest BCUT2D eigenvalue weighted by Crippen LogP contribution is 2.55. The second-order valence-electron chi connectivity index (χ2n) is 8.00. The molecule has 26 heavy (non-hydrogen) atoms. The summed E-state index contributed by atoms with van der Waals surface area (Å²) in [6.07, 6.45) is 7.61. The highest BCUT2D eigenvalue weighted by Gasteiger charge is 2.59. The molecule has 3 atom stereocenters. The molecule has 2 aliphatic heterocycles. The van der Waals surface area contributed by atoms with Crippen LogP contribution in [0.1, 0.15) is 50.1 Å². The van der Waals surface area contributed by atoms with Gasteiger partial charge in [0.25, 0.3) is 0 Å². The molecule has 2 aromatic rings. The maximum absolute atomic E-state index is 6.95. The Balaban J connectivity index is 1.61. The predicted molar refractivity (Wildman–Crippen MR) is 105 cm³/mol. The Morgan fingerprint density at radius 2 is 1.50 bits per heavy atom. The highest BCUT2D eigenvalue weighted by molar-refractivity contribution is 5.48. The van der Waals surface area contributed by atoms with Gasteiger partial charge in [-0.3, -0.25) is 4.90 Å². The molecule has 3 fully saturated rings. The molecule has 0 spiro atoms. The minimum Gasteiger partial charge on any atom is -0.273 e. The van der Waals surface area contributed by atoms with Gasteiger partial charge in [-0.05, 0) is 49.8 Å². The number of hydroxylamine groups is 1. The van der Waals surface area contributed by atoms with Crippen molar-refractivity contribution in [2.45, 2.75) is 50.3 Å². The molecule has 0 N–H and O–H groups in total. The Hall–Kier alpha value is -1.84. The van der Waals surface area contributed by atoms with Gasteiger partial charge in [-0.1, -0.05) is 55.0 Å². The number of benzene rings is 2. The molecule has 0 radical (unpaired) electrons. The van der Waals surface area contributed by atoms with Crippen molar-refractivity contribution in [1.82, 2.24) is 4.90 Å². The second kappa shape index (κ2) is 6.71. The monoisotopic (exact) mass is 348 g/mol. The van der Waals surface area contributed by atoms with Crippen LogP contribution in [-0.2, 0) is 4.84 Å². The summed E-state index contributed by atoms with van der Waals surface area (Å²) in [4.78, 5) is 9.61. The van der Waals surface area contributed by atoms with Gasteiger partial charge >= 0.3 is 0 Å². The van der Waals surface area contributed by atoms with Crippen molar-refractivity contribution in [1.29, 1.82) is 0 Å². The van der Waals surface area contributed by atoms with E-state index in [1.165, 1.54) is 56.4 Å². The lowest BCUT2D eigenvalue weighted by Gasteiger charge is -2.44. The molecule has 2 saturated heterocycles. The van der Waals surface area contributed by atoms with Crippen LogP contribution in [0.5, 0.6) is 0 Å². The Morgan fingerprint density at radius 3 is 2.23 bits per heavy atom. The molecule has 3 heteroatoms. The normalized spacial score (nSPS) is 31.9. The first-order valence-electron chi connectivity index (χ1n) is 10.2. The first-order chi connectivity index (χ1) is 12.9. The van der Waals surface area contributed by atoms with E-state index in [4.69, 9.17) is 4.84 Å². The lowest BCUT2D eigenvalue weighted by atomic mass is 9.75. The van der Waals surface area contributed by atoms with Crippen LogP contribution in [0.25, 0.3) is 0 Å². The van der Waals surface area contributed by atoms with Gasteiger partial charge in [0.05, 0.1) is 11.7 Å². The number of para-hydroxylation sites is 1. The molecule has 5 rings (SSSR count). The molecular formula is C23H28N2O. The van der Waals surface area contributed by atoms with Crippen molar-refractivity contribution >= 4 is 5.69 Å². The summed E-state index contributed by atoms with van der Waals surface area (Å²) < 4.78 is 0. The summed E-state index contributed by atoms with van der Waals surface area (Å²) in [6, 6.07) is 22.0. The maximum atomic E-state index is 6.95. The Bertz CT molecular complexity index is 728. The smallest absolute Gasteiger partial charge is 0.154 e. The largest absolute Gasteiger partial charge is 0.273 e. The lowest BCUT2D eigenvalue weighted by Crippen LogP contribution is -2.53. The third kappa shape index (κ3) is 2.57. The van der Waals surface area contributed by atoms with Crippen LogP contribution in [0, 0.1) is 5.92 Å². The van der Waals surface area contributed by atoms with Crippen molar-refractivity contribution in [3.05, 3.63) is 66.2 Å². The van der Waals surface area contributed by atoms with E-state index < -0.39 is 0 Å². The molecule has 0 unspecified atom stereocenters. The van der Waals surface area contributed by atoms with E-state index in [1.807, 2.05) is 0 Å². The van der Waals surface area contributed by atoms with Gasteiger partial charge in [-0.25, -0.2) is 9.90 Å². The third-order valence-electron chi connectivity index (χ3n) is 6.56. The van der Waals surface area contributed by atoms with E-state index in [1.54, 1.807) is 0 Å². The van der Waals surface area contributed by atoms with E-state index in [0.717, 1.165) is 6.42 Å². The Kier molecular flexibility index (Phi) is 4.22. The number of fused-ring (bicyclic) bond motifs is 1. The van der Waals surface area contributed by atoms with Crippen molar-refractivity contribution in [2.24, 2.45) is 5.92 Å². The molecule has 1 saturated carbocycles. The molecule has 0 bridgehead atoms. The predicted octanol–water partition coefficient (Wildman–Crippen LogP) is 5.16. The van der Waals surface area contributed by atoms with E-state index in [-0.39, 0.29) is 5.72 Å². The fraction of sp³-hybridized carbons (Fsp3) is 0.478. The van der Waals surface area contributed by atoms with Gasteiger partial charge in [0.2, 0.25) is 0 Å². The van der Waals surface area contributed by atoms with Crippen molar-refractivity contribution in [2.75, 3.05) is 18.2 Å². The number of hydrogen-bond donors (Lipinski definition) is 0. The summed E-state index contributed by atoms with van der Waals surface area (Å²) in [5, 5.41) is 2.24. The number of rotatable bonds is 3. The molecule has 2 heterocycles. The fourth-order valence-electron chi connectivity index (χ4n) is 5.41. The number of hydrogen-bond acceptors (Lipinski definition) is 3. The number of likely N-dealkylation sites (tertiary alicyclic amines) is 1. The number of anilines is 1. The zero-order chi connectivity index (χ0) is 17.4. The molecule has 0 amide bonds. The minimum atomic E-state index is -0.120. The lowest BCUT2D eigenvalue weighted by molar-refractivity contribution is -0.161. The Labute approximate surface area is 156 Å². The average molecular weight is 348 g/mol. The molecule has 136 valence electrons. The summed E-state index contributed by atoms with van der Waals surface area (Å²) >= 11 is 0. The van der Waals surface area contributed by atoms with Gasteiger partial charge in [-0.2, -0.15) is 0 Å². The zero-order valence-corrected chi connectivity index (χ0v) is 15.4. The van der Waals surface area contributed by atoms with Crippen LogP contribution >= 0.6 is 0 Å². The van der Waals surface area contributed by atoms with Crippen molar-refractivity contribution in [3.63, 3.8) is 0 Å². The molecule has 0 aromatic heterocycles. The quantitative estimate of drug-likeness (QED) is 0.762. The molecule has 1 aliphatic carbocycles. The van der Waals surface area contributed by atoms with Crippen molar-refractivity contribution < 1.29 is 4.84 Å². The molecule has 3 aliphatic rings. The van der Waals surface area contributed by atoms with Gasteiger partial charge in [0.15, 0.2) is 5.72 Å². The van der Waals surface area contributed by atoms with Crippen molar-refractivity contribution in [3.8, 4) is 0 Å². The summed E-state index contributed by atoms with van der Waals surface area (Å²) in [5.41, 5.74) is 2.43. The SMILES string of the molecule is c1ccc([C@@H]2[C@@H]3CCCC[C@@]3(N3CCCC3)ON2c2ccccc2)cc1. The first kappa shape index (κ1) is 16.3. The van der Waals surface area contributed by atoms with E-state index in [2.05, 4.69) is 70.6 Å². The minimum absolute atomic E-state index is 0.120. The van der Waals surface area contributed by atoms with E-state index >= 15 is 0 Å². The van der Waals surface area contributed by atoms with Gasteiger partial charge in [0.1, 0.15) is 0 Å².